The summed E-state index contributed by atoms with van der Waals surface area (Å²) in [5.74, 6) is -0.341. The fourth-order valence-electron chi connectivity index (χ4n) is 5.30. The molecule has 5 N–H and O–H groups in total. The molecule has 2 aliphatic heterocycles. The summed E-state index contributed by atoms with van der Waals surface area (Å²) in [6, 6.07) is 6.95. The van der Waals surface area contributed by atoms with Crippen LogP contribution in [0.4, 0.5) is 17.6 Å². The number of piperidine rings is 1. The fourth-order valence-corrected chi connectivity index (χ4v) is 6.40. The van der Waals surface area contributed by atoms with Gasteiger partial charge in [0.25, 0.3) is 0 Å². The van der Waals surface area contributed by atoms with Crippen molar-refractivity contribution < 1.29 is 22.3 Å². The molecule has 3 aliphatic rings. The molecule has 0 bridgehead atoms. The lowest BCUT2D eigenvalue weighted by atomic mass is 9.82. The van der Waals surface area contributed by atoms with Crippen LogP contribution in [-0.4, -0.2) is 60.3 Å². The highest BCUT2D eigenvalue weighted by Crippen LogP contribution is 2.37. The van der Waals surface area contributed by atoms with Gasteiger partial charge >= 0.3 is 6.18 Å². The Bertz CT molecular complexity index is 932. The van der Waals surface area contributed by atoms with Gasteiger partial charge in [-0.05, 0) is 74.1 Å². The van der Waals surface area contributed by atoms with Crippen LogP contribution >= 0.6 is 12.1 Å². The molecule has 1 aromatic rings. The number of ether oxygens (including phenoxy) is 1. The van der Waals surface area contributed by atoms with E-state index in [1.54, 1.807) is 28.6 Å². The normalized spacial score (nSPS) is 28.5. The molecule has 206 valence electrons. The highest BCUT2D eigenvalue weighted by atomic mass is 32.2. The summed E-state index contributed by atoms with van der Waals surface area (Å²) in [5, 5.41) is 0. The van der Waals surface area contributed by atoms with Gasteiger partial charge in [-0.3, -0.25) is 0 Å². The minimum Gasteiger partial charge on any atom is -0.405 e. The molecule has 11 heteroatoms. The smallest absolute Gasteiger partial charge is 0.394 e. The third-order valence-electron chi connectivity index (χ3n) is 7.66. The quantitative estimate of drug-likeness (QED) is 0.241. The maximum atomic E-state index is 13.6. The summed E-state index contributed by atoms with van der Waals surface area (Å²) < 4.78 is 63.6. The van der Waals surface area contributed by atoms with Crippen LogP contribution in [0.25, 0.3) is 0 Å². The Morgan fingerprint density at radius 3 is 2.57 bits per heavy atom. The average Bonchev–Trinajstić information content (AvgIpc) is 2.85. The third-order valence-corrected chi connectivity index (χ3v) is 8.63. The summed E-state index contributed by atoms with van der Waals surface area (Å²) in [7, 11) is 0. The van der Waals surface area contributed by atoms with Crippen LogP contribution in [-0.2, 0) is 4.74 Å². The van der Waals surface area contributed by atoms with Gasteiger partial charge < -0.3 is 21.1 Å². The van der Waals surface area contributed by atoms with Gasteiger partial charge in [0.05, 0.1) is 24.4 Å². The van der Waals surface area contributed by atoms with Gasteiger partial charge in [0, 0.05) is 50.3 Å². The van der Waals surface area contributed by atoms with E-state index in [0.717, 1.165) is 44.2 Å². The highest BCUT2D eigenvalue weighted by Gasteiger charge is 2.47. The Morgan fingerprint density at radius 1 is 1.14 bits per heavy atom. The number of hydrogen-bond donors (Lipinski definition) is 3. The van der Waals surface area contributed by atoms with E-state index in [4.69, 9.17) is 16.2 Å². The van der Waals surface area contributed by atoms with Gasteiger partial charge in [-0.25, -0.2) is 13.4 Å². The van der Waals surface area contributed by atoms with Crippen LogP contribution in [0.15, 0.2) is 48.4 Å². The van der Waals surface area contributed by atoms with Crippen molar-refractivity contribution in [1.29, 1.82) is 0 Å². The second-order valence-electron chi connectivity index (χ2n) is 10.2. The lowest BCUT2D eigenvalue weighted by molar-refractivity contribution is -0.197. The second-order valence-corrected chi connectivity index (χ2v) is 11.2. The van der Waals surface area contributed by atoms with Crippen molar-refractivity contribution in [2.75, 3.05) is 32.8 Å². The van der Waals surface area contributed by atoms with Gasteiger partial charge in [0.1, 0.15) is 5.82 Å². The number of nitrogens with zero attached hydrogens (tertiary/aromatic N) is 2. The van der Waals surface area contributed by atoms with Crippen LogP contribution in [0.3, 0.4) is 0 Å². The van der Waals surface area contributed by atoms with Gasteiger partial charge in [-0.15, -0.1) is 0 Å². The zero-order valence-electron chi connectivity index (χ0n) is 20.9. The van der Waals surface area contributed by atoms with Crippen molar-refractivity contribution in [2.45, 2.75) is 56.3 Å². The van der Waals surface area contributed by atoms with E-state index >= 15 is 0 Å². The molecule has 3 fully saturated rings. The summed E-state index contributed by atoms with van der Waals surface area (Å²) in [4.78, 5) is 2.10. The lowest BCUT2D eigenvalue weighted by Gasteiger charge is -2.43. The standard InChI is InChI=1S/C26H37F4N5OS/c27-22-4-1-3-19(13-22)18-6-8-23(9-7-18)36-17-20-14-34(25(32)5-2-11-31)12-10-24(20)33-37-35-15-21(16-35)26(28,29)30/h1-5,11,13,18,20-21,23-24,33H,6-10,12,14-17,31-32H2/b11-2-,25-5+/t18-,20?,23+,24?. The lowest BCUT2D eigenvalue weighted by Crippen LogP contribution is -2.54. The van der Waals surface area contributed by atoms with Gasteiger partial charge in [-0.1, -0.05) is 12.1 Å². The number of benzene rings is 1. The maximum Gasteiger partial charge on any atom is 0.394 e. The zero-order chi connectivity index (χ0) is 26.4. The molecule has 1 aromatic carbocycles. The fraction of sp³-hybridized carbons (Fsp3) is 0.615. The van der Waals surface area contributed by atoms with E-state index in [1.807, 2.05) is 6.07 Å². The topological polar surface area (TPSA) is 79.8 Å². The first kappa shape index (κ1) is 28.1. The number of alkyl halides is 3. The number of rotatable bonds is 9. The Hall–Kier alpha value is -1.95. The maximum absolute atomic E-state index is 13.6. The van der Waals surface area contributed by atoms with Crippen molar-refractivity contribution in [3.05, 3.63) is 59.8 Å². The van der Waals surface area contributed by atoms with Crippen molar-refractivity contribution in [3.8, 4) is 0 Å². The number of nitrogens with one attached hydrogen (secondary N) is 1. The molecule has 4 rings (SSSR count). The van der Waals surface area contributed by atoms with E-state index in [2.05, 4.69) is 9.62 Å². The van der Waals surface area contributed by atoms with E-state index in [-0.39, 0.29) is 37.0 Å². The number of likely N-dealkylation sites (tertiary alicyclic amines) is 1. The molecular formula is C26H37F4N5OS. The first-order valence-electron chi connectivity index (χ1n) is 12.9. The Kier molecular flexibility index (Phi) is 9.66. The predicted octanol–water partition coefficient (Wildman–Crippen LogP) is 4.48. The molecule has 37 heavy (non-hydrogen) atoms. The SMILES string of the molecule is N/C=C\C=C(/N)N1CCC(NSN2CC(C(F)(F)F)C2)C(CO[C@H]2CC[C@@H](c3cccc(F)c3)CC2)C1. The van der Waals surface area contributed by atoms with E-state index in [9.17, 15) is 17.6 Å². The van der Waals surface area contributed by atoms with Crippen molar-refractivity contribution in [3.63, 3.8) is 0 Å². The van der Waals surface area contributed by atoms with Crippen LogP contribution in [0, 0.1) is 17.7 Å². The second kappa shape index (κ2) is 12.7. The number of allylic oxidation sites excluding steroid dienone is 2. The molecule has 2 saturated heterocycles. The molecule has 0 amide bonds. The minimum atomic E-state index is -4.13. The van der Waals surface area contributed by atoms with Gasteiger partial charge in [0.15, 0.2) is 0 Å². The Morgan fingerprint density at radius 2 is 1.89 bits per heavy atom. The van der Waals surface area contributed by atoms with Gasteiger partial charge in [-0.2, -0.15) is 13.2 Å². The monoisotopic (exact) mass is 543 g/mol. The molecule has 1 saturated carbocycles. The van der Waals surface area contributed by atoms with E-state index < -0.39 is 12.1 Å². The molecule has 2 heterocycles. The molecule has 0 aromatic heterocycles. The van der Waals surface area contributed by atoms with Crippen molar-refractivity contribution >= 4 is 12.1 Å². The third kappa shape index (κ3) is 7.78. The first-order chi connectivity index (χ1) is 17.7. The summed E-state index contributed by atoms with van der Waals surface area (Å²) in [6.45, 7) is 1.98. The van der Waals surface area contributed by atoms with Crippen LogP contribution in [0.5, 0.6) is 0 Å². The molecule has 0 spiro atoms. The minimum absolute atomic E-state index is 0.0108. The Labute approximate surface area is 220 Å². The molecule has 6 nitrogen and oxygen atoms in total. The van der Waals surface area contributed by atoms with Crippen LogP contribution in [0.1, 0.15) is 43.6 Å². The number of halogens is 4. The average molecular weight is 544 g/mol. The predicted molar refractivity (Wildman–Crippen MR) is 138 cm³/mol. The van der Waals surface area contributed by atoms with Crippen molar-refractivity contribution in [2.24, 2.45) is 23.3 Å². The largest absolute Gasteiger partial charge is 0.405 e. The molecule has 2 unspecified atom stereocenters. The Balaban J connectivity index is 1.29. The number of nitrogens with two attached hydrogens (primary N) is 2. The first-order valence-corrected chi connectivity index (χ1v) is 13.7. The molecule has 2 atom stereocenters. The highest BCUT2D eigenvalue weighted by molar-refractivity contribution is 7.95. The van der Waals surface area contributed by atoms with Crippen LogP contribution in [0.2, 0.25) is 0 Å². The molecular weight excluding hydrogens is 506 g/mol. The van der Waals surface area contributed by atoms with Crippen molar-refractivity contribution in [1.82, 2.24) is 13.9 Å². The zero-order valence-corrected chi connectivity index (χ0v) is 21.7. The summed E-state index contributed by atoms with van der Waals surface area (Å²) >= 11 is 1.28. The van der Waals surface area contributed by atoms with E-state index in [1.165, 1.54) is 24.4 Å². The molecule has 0 radical (unpaired) electrons. The summed E-state index contributed by atoms with van der Waals surface area (Å²) in [6.07, 6.45) is 5.45. The summed E-state index contributed by atoms with van der Waals surface area (Å²) in [5.41, 5.74) is 12.7. The number of hydrogen-bond acceptors (Lipinski definition) is 7. The van der Waals surface area contributed by atoms with Crippen LogP contribution < -0.4 is 16.2 Å². The molecule has 1 aliphatic carbocycles. The van der Waals surface area contributed by atoms with Gasteiger partial charge in [0.2, 0.25) is 0 Å². The van der Waals surface area contributed by atoms with E-state index in [0.29, 0.717) is 24.9 Å².